The molecule has 1 saturated carbocycles. The van der Waals surface area contributed by atoms with Crippen molar-refractivity contribution in [3.8, 4) is 0 Å². The summed E-state index contributed by atoms with van der Waals surface area (Å²) in [7, 11) is 0. The summed E-state index contributed by atoms with van der Waals surface area (Å²) in [6, 6.07) is 4.47. The topological polar surface area (TPSA) is 77.0 Å². The Morgan fingerprint density at radius 3 is 2.48 bits per heavy atom. The highest BCUT2D eigenvalue weighted by Crippen LogP contribution is 2.31. The zero-order chi connectivity index (χ0) is 16.4. The van der Waals surface area contributed by atoms with Gasteiger partial charge in [-0.3, -0.25) is 0 Å². The summed E-state index contributed by atoms with van der Waals surface area (Å²) >= 11 is 1.35. The number of aromatic nitrogens is 1. The maximum atomic E-state index is 13.8. The molecule has 7 heteroatoms. The molecule has 1 heterocycles. The number of halogens is 2. The van der Waals surface area contributed by atoms with Crippen LogP contribution in [0.25, 0.3) is 0 Å². The largest absolute Gasteiger partial charge is 0.383 e. The normalized spacial score (nSPS) is 21.3. The number of hydrogen-bond donors (Lipinski definition) is 3. The molecule has 2 aromatic rings. The lowest BCUT2D eigenvalue weighted by atomic mass is 9.92. The number of nitrogen functional groups attached to an aromatic ring is 1. The first-order chi connectivity index (χ1) is 11.0. The minimum absolute atomic E-state index is 0.0260. The van der Waals surface area contributed by atoms with Crippen molar-refractivity contribution in [3.63, 3.8) is 0 Å². The first-order valence-corrected chi connectivity index (χ1v) is 8.54. The summed E-state index contributed by atoms with van der Waals surface area (Å²) < 4.78 is 27.5. The molecule has 5 N–H and O–H groups in total. The van der Waals surface area contributed by atoms with E-state index in [2.05, 4.69) is 10.3 Å². The lowest BCUT2D eigenvalue weighted by Gasteiger charge is -2.26. The van der Waals surface area contributed by atoms with Crippen LogP contribution in [0.2, 0.25) is 0 Å². The van der Waals surface area contributed by atoms with Crippen LogP contribution in [0.1, 0.15) is 36.1 Å². The molecule has 0 amide bonds. The number of benzene rings is 1. The van der Waals surface area contributed by atoms with Crippen LogP contribution in [0.3, 0.4) is 0 Å². The fourth-order valence-electron chi connectivity index (χ4n) is 2.85. The van der Waals surface area contributed by atoms with Crippen LogP contribution in [0.15, 0.2) is 18.2 Å². The number of nitrogens with one attached hydrogen (secondary N) is 1. The van der Waals surface area contributed by atoms with Gasteiger partial charge in [-0.15, -0.1) is 0 Å². The zero-order valence-electron chi connectivity index (χ0n) is 12.7. The van der Waals surface area contributed by atoms with Gasteiger partial charge in [0, 0.05) is 24.1 Å². The van der Waals surface area contributed by atoms with Crippen LogP contribution in [-0.2, 0) is 6.42 Å². The average molecular weight is 338 g/mol. The number of nitrogens with zero attached hydrogens (tertiary/aromatic N) is 1. The van der Waals surface area contributed by atoms with E-state index in [0.29, 0.717) is 21.9 Å². The average Bonchev–Trinajstić information content (AvgIpc) is 2.85. The second-order valence-corrected chi connectivity index (χ2v) is 7.04. The quantitative estimate of drug-likeness (QED) is 0.799. The number of hydrogen-bond acceptors (Lipinski definition) is 5. The Balaban J connectivity index is 1.71. The first-order valence-electron chi connectivity index (χ1n) is 7.73. The van der Waals surface area contributed by atoms with Gasteiger partial charge in [0.1, 0.15) is 17.5 Å². The molecule has 0 radical (unpaired) electrons. The smallest absolute Gasteiger partial charge is 0.185 e. The highest BCUT2D eigenvalue weighted by molar-refractivity contribution is 7.16. The van der Waals surface area contributed by atoms with Gasteiger partial charge in [-0.25, -0.2) is 13.8 Å². The number of nitrogens with two attached hydrogens (primary N) is 2. The molecule has 4 nitrogen and oxygen atoms in total. The minimum atomic E-state index is -0.562. The third-order valence-electron chi connectivity index (χ3n) is 4.23. The van der Waals surface area contributed by atoms with Crippen LogP contribution in [0, 0.1) is 11.6 Å². The van der Waals surface area contributed by atoms with Crippen molar-refractivity contribution < 1.29 is 8.78 Å². The zero-order valence-corrected chi connectivity index (χ0v) is 13.5. The molecule has 1 fully saturated rings. The Bertz CT molecular complexity index is 660. The van der Waals surface area contributed by atoms with Gasteiger partial charge in [-0.2, -0.15) is 0 Å². The molecular formula is C16H20F2N4S. The van der Waals surface area contributed by atoms with Gasteiger partial charge >= 0.3 is 0 Å². The Morgan fingerprint density at radius 1 is 1.17 bits per heavy atom. The predicted octanol–water partition coefficient (Wildman–Crippen LogP) is 3.28. The molecular weight excluding hydrogens is 318 g/mol. The molecule has 0 spiro atoms. The van der Waals surface area contributed by atoms with Crippen LogP contribution in [-0.4, -0.2) is 17.1 Å². The van der Waals surface area contributed by atoms with Gasteiger partial charge in [0.2, 0.25) is 0 Å². The number of rotatable bonds is 4. The van der Waals surface area contributed by atoms with E-state index in [4.69, 9.17) is 11.5 Å². The van der Waals surface area contributed by atoms with Gasteiger partial charge in [0.15, 0.2) is 5.13 Å². The van der Waals surface area contributed by atoms with E-state index in [0.717, 1.165) is 25.7 Å². The van der Waals surface area contributed by atoms with Gasteiger partial charge in [0.25, 0.3) is 0 Å². The van der Waals surface area contributed by atoms with Crippen molar-refractivity contribution in [2.75, 3.05) is 11.1 Å². The SMILES string of the molecule is Nc1nc(NC2CCC(N)CC2)sc1Cc1c(F)cccc1F. The predicted molar refractivity (Wildman–Crippen MR) is 89.5 cm³/mol. The molecule has 0 aliphatic heterocycles. The lowest BCUT2D eigenvalue weighted by Crippen LogP contribution is -2.32. The molecule has 0 bridgehead atoms. The fourth-order valence-corrected chi connectivity index (χ4v) is 3.82. The number of anilines is 2. The van der Waals surface area contributed by atoms with Crippen LogP contribution in [0.4, 0.5) is 19.7 Å². The monoisotopic (exact) mass is 338 g/mol. The third-order valence-corrected chi connectivity index (χ3v) is 5.23. The van der Waals surface area contributed by atoms with Crippen molar-refractivity contribution in [2.24, 2.45) is 5.73 Å². The van der Waals surface area contributed by atoms with Crippen molar-refractivity contribution >= 4 is 22.3 Å². The summed E-state index contributed by atoms with van der Waals surface area (Å²) in [5.41, 5.74) is 11.8. The molecule has 124 valence electrons. The number of thiazole rings is 1. The van der Waals surface area contributed by atoms with E-state index in [1.165, 1.54) is 29.5 Å². The molecule has 1 aromatic carbocycles. The van der Waals surface area contributed by atoms with E-state index in [9.17, 15) is 8.78 Å². The van der Waals surface area contributed by atoms with Crippen LogP contribution < -0.4 is 16.8 Å². The van der Waals surface area contributed by atoms with Crippen molar-refractivity contribution in [3.05, 3.63) is 40.3 Å². The van der Waals surface area contributed by atoms with E-state index in [1.807, 2.05) is 0 Å². The third kappa shape index (κ3) is 3.79. The minimum Gasteiger partial charge on any atom is -0.383 e. The summed E-state index contributed by atoms with van der Waals surface area (Å²) in [5.74, 6) is -0.796. The Morgan fingerprint density at radius 2 is 1.83 bits per heavy atom. The van der Waals surface area contributed by atoms with Crippen molar-refractivity contribution in [2.45, 2.75) is 44.2 Å². The van der Waals surface area contributed by atoms with Crippen LogP contribution >= 0.6 is 11.3 Å². The van der Waals surface area contributed by atoms with E-state index < -0.39 is 11.6 Å². The standard InChI is InChI=1S/C16H20F2N4S/c17-12-2-1-3-13(18)11(12)8-14-15(20)22-16(23-14)21-10-6-4-9(19)5-7-10/h1-3,9-10H,4-8,19-20H2,(H,21,22). The van der Waals surface area contributed by atoms with E-state index in [1.54, 1.807) is 0 Å². The van der Waals surface area contributed by atoms with Gasteiger partial charge in [-0.1, -0.05) is 17.4 Å². The second kappa shape index (κ2) is 6.80. The summed E-state index contributed by atoms with van der Waals surface area (Å²) in [6.45, 7) is 0. The highest BCUT2D eigenvalue weighted by atomic mass is 32.1. The lowest BCUT2D eigenvalue weighted by molar-refractivity contribution is 0.411. The van der Waals surface area contributed by atoms with Gasteiger partial charge in [0.05, 0.1) is 4.88 Å². The Labute approximate surface area is 137 Å². The Hall–Kier alpha value is -1.73. The molecule has 0 saturated heterocycles. The Kier molecular flexibility index (Phi) is 4.77. The maximum absolute atomic E-state index is 13.8. The molecule has 23 heavy (non-hydrogen) atoms. The van der Waals surface area contributed by atoms with Crippen molar-refractivity contribution in [1.29, 1.82) is 0 Å². The van der Waals surface area contributed by atoms with E-state index in [-0.39, 0.29) is 18.0 Å². The summed E-state index contributed by atoms with van der Waals surface area (Å²) in [6.07, 6.45) is 4.09. The maximum Gasteiger partial charge on any atom is 0.185 e. The van der Waals surface area contributed by atoms with Crippen LogP contribution in [0.5, 0.6) is 0 Å². The van der Waals surface area contributed by atoms with Crippen molar-refractivity contribution in [1.82, 2.24) is 4.98 Å². The second-order valence-electron chi connectivity index (χ2n) is 5.96. The molecule has 0 atom stereocenters. The first kappa shape index (κ1) is 16.1. The molecule has 1 aromatic heterocycles. The molecule has 3 rings (SSSR count). The molecule has 1 aliphatic rings. The van der Waals surface area contributed by atoms with E-state index >= 15 is 0 Å². The fraction of sp³-hybridized carbons (Fsp3) is 0.438. The van der Waals surface area contributed by atoms with Gasteiger partial charge < -0.3 is 16.8 Å². The highest BCUT2D eigenvalue weighted by Gasteiger charge is 2.20. The molecule has 0 unspecified atom stereocenters. The summed E-state index contributed by atoms with van der Waals surface area (Å²) in [4.78, 5) is 4.96. The summed E-state index contributed by atoms with van der Waals surface area (Å²) in [5, 5.41) is 4.07. The molecule has 1 aliphatic carbocycles. The van der Waals surface area contributed by atoms with Gasteiger partial charge in [-0.05, 0) is 37.8 Å².